The number of phenols is 2. The largest absolute Gasteiger partial charge is 0.504 e. The normalized spacial score (nSPS) is 10.1. The smallest absolute Gasteiger partial charge is 0.219 e. The Bertz CT molecular complexity index is 511. The molecular weight excluding hydrogens is 206 g/mol. The van der Waals surface area contributed by atoms with Crippen LogP contribution in [0.5, 0.6) is 23.1 Å². The van der Waals surface area contributed by atoms with Gasteiger partial charge in [0.1, 0.15) is 5.75 Å². The fraction of sp³-hybridized carbons (Fsp3) is 0.0833. The van der Waals surface area contributed by atoms with Gasteiger partial charge in [0.05, 0.1) is 0 Å². The Morgan fingerprint density at radius 3 is 2.56 bits per heavy atom. The molecule has 2 N–H and O–H groups in total. The summed E-state index contributed by atoms with van der Waals surface area (Å²) in [5.74, 6) is 0.480. The van der Waals surface area contributed by atoms with E-state index in [-0.39, 0.29) is 11.5 Å². The molecule has 82 valence electrons. The summed E-state index contributed by atoms with van der Waals surface area (Å²) in [6, 6.07) is 7.89. The zero-order valence-corrected chi connectivity index (χ0v) is 8.71. The molecule has 0 aliphatic heterocycles. The van der Waals surface area contributed by atoms with E-state index in [4.69, 9.17) is 9.84 Å². The first kappa shape index (κ1) is 10.3. The number of phenolic OH excluding ortho intramolecular Hbond substituents is 2. The third-order valence-electron chi connectivity index (χ3n) is 2.06. The number of pyridine rings is 1. The summed E-state index contributed by atoms with van der Waals surface area (Å²) in [4.78, 5) is 4.02. The molecule has 16 heavy (non-hydrogen) atoms. The Kier molecular flexibility index (Phi) is 2.64. The second-order valence-corrected chi connectivity index (χ2v) is 3.42. The number of aromatic nitrogens is 1. The highest BCUT2D eigenvalue weighted by atomic mass is 16.5. The lowest BCUT2D eigenvalue weighted by Gasteiger charge is -2.06. The van der Waals surface area contributed by atoms with Crippen molar-refractivity contribution in [2.45, 2.75) is 6.92 Å². The van der Waals surface area contributed by atoms with Crippen LogP contribution in [0.4, 0.5) is 0 Å². The Morgan fingerprint density at radius 1 is 1.06 bits per heavy atom. The Balaban J connectivity index is 2.24. The highest BCUT2D eigenvalue weighted by molar-refractivity contribution is 5.44. The van der Waals surface area contributed by atoms with E-state index in [1.54, 1.807) is 18.3 Å². The molecule has 0 saturated carbocycles. The van der Waals surface area contributed by atoms with Crippen LogP contribution in [-0.2, 0) is 0 Å². The van der Waals surface area contributed by atoms with Gasteiger partial charge in [-0.2, -0.15) is 0 Å². The molecule has 2 aromatic rings. The number of hydrogen-bond donors (Lipinski definition) is 2. The third-order valence-corrected chi connectivity index (χ3v) is 2.06. The number of aromatic hydroxyl groups is 2. The molecule has 0 radical (unpaired) electrons. The Morgan fingerprint density at radius 2 is 1.88 bits per heavy atom. The molecule has 4 heteroatoms. The number of ether oxygens (including phenoxy) is 1. The van der Waals surface area contributed by atoms with Crippen molar-refractivity contribution >= 4 is 0 Å². The predicted octanol–water partition coefficient (Wildman–Crippen LogP) is 2.59. The van der Waals surface area contributed by atoms with Crippen molar-refractivity contribution < 1.29 is 14.9 Å². The molecule has 0 unspecified atom stereocenters. The van der Waals surface area contributed by atoms with Gasteiger partial charge >= 0.3 is 0 Å². The standard InChI is InChI=1S/C12H11NO3/c1-8-4-5-13-12(6-8)16-9-2-3-10(14)11(15)7-9/h2-7,14-15H,1H3. The van der Waals surface area contributed by atoms with E-state index in [1.165, 1.54) is 12.1 Å². The molecule has 0 aliphatic carbocycles. The van der Waals surface area contributed by atoms with Crippen LogP contribution in [-0.4, -0.2) is 15.2 Å². The van der Waals surface area contributed by atoms with Crippen molar-refractivity contribution in [3.05, 3.63) is 42.1 Å². The van der Waals surface area contributed by atoms with Gasteiger partial charge in [-0.15, -0.1) is 0 Å². The fourth-order valence-electron chi connectivity index (χ4n) is 1.25. The van der Waals surface area contributed by atoms with Gasteiger partial charge in [0.25, 0.3) is 0 Å². The van der Waals surface area contributed by atoms with Crippen LogP contribution in [0.2, 0.25) is 0 Å². The summed E-state index contributed by atoms with van der Waals surface area (Å²) in [6.07, 6.45) is 1.64. The van der Waals surface area contributed by atoms with E-state index < -0.39 is 0 Å². The molecule has 4 nitrogen and oxygen atoms in total. The van der Waals surface area contributed by atoms with E-state index in [0.717, 1.165) is 5.56 Å². The van der Waals surface area contributed by atoms with E-state index in [0.29, 0.717) is 11.6 Å². The van der Waals surface area contributed by atoms with Gasteiger partial charge in [-0.05, 0) is 30.7 Å². The molecule has 1 aromatic carbocycles. The Labute approximate surface area is 92.8 Å². The van der Waals surface area contributed by atoms with Crippen molar-refractivity contribution in [2.24, 2.45) is 0 Å². The third kappa shape index (κ3) is 2.23. The molecule has 0 amide bonds. The molecule has 0 atom stereocenters. The number of rotatable bonds is 2. The monoisotopic (exact) mass is 217 g/mol. The summed E-state index contributed by atoms with van der Waals surface area (Å²) < 4.78 is 5.41. The minimum absolute atomic E-state index is 0.176. The van der Waals surface area contributed by atoms with Crippen LogP contribution >= 0.6 is 0 Å². The molecule has 0 spiro atoms. The maximum absolute atomic E-state index is 9.28. The second-order valence-electron chi connectivity index (χ2n) is 3.42. The average Bonchev–Trinajstić information content (AvgIpc) is 2.24. The number of nitrogens with zero attached hydrogens (tertiary/aromatic N) is 1. The first-order valence-electron chi connectivity index (χ1n) is 4.77. The van der Waals surface area contributed by atoms with Crippen molar-refractivity contribution in [2.75, 3.05) is 0 Å². The van der Waals surface area contributed by atoms with Crippen molar-refractivity contribution in [1.82, 2.24) is 4.98 Å². The van der Waals surface area contributed by atoms with Gasteiger partial charge in [0.15, 0.2) is 11.5 Å². The first-order valence-corrected chi connectivity index (χ1v) is 4.77. The maximum Gasteiger partial charge on any atom is 0.219 e. The topological polar surface area (TPSA) is 62.6 Å². The lowest BCUT2D eigenvalue weighted by atomic mass is 10.3. The van der Waals surface area contributed by atoms with E-state index in [2.05, 4.69) is 4.98 Å². The van der Waals surface area contributed by atoms with Crippen LogP contribution in [0.1, 0.15) is 5.56 Å². The lowest BCUT2D eigenvalue weighted by Crippen LogP contribution is -1.87. The molecule has 1 aromatic heterocycles. The van der Waals surface area contributed by atoms with Crippen LogP contribution in [0.25, 0.3) is 0 Å². The maximum atomic E-state index is 9.28. The number of hydrogen-bond acceptors (Lipinski definition) is 4. The molecular formula is C12H11NO3. The molecule has 2 rings (SSSR count). The quantitative estimate of drug-likeness (QED) is 0.759. The predicted molar refractivity (Wildman–Crippen MR) is 58.8 cm³/mol. The van der Waals surface area contributed by atoms with Crippen LogP contribution in [0, 0.1) is 6.92 Å². The highest BCUT2D eigenvalue weighted by Crippen LogP contribution is 2.30. The number of aryl methyl sites for hydroxylation is 1. The molecule has 0 bridgehead atoms. The van der Waals surface area contributed by atoms with Gasteiger partial charge in [-0.25, -0.2) is 4.98 Å². The summed E-state index contributed by atoms with van der Waals surface area (Å²) in [7, 11) is 0. The molecule has 1 heterocycles. The zero-order valence-electron chi connectivity index (χ0n) is 8.71. The van der Waals surface area contributed by atoms with Gasteiger partial charge in [0.2, 0.25) is 5.88 Å². The van der Waals surface area contributed by atoms with Crippen molar-refractivity contribution in [3.8, 4) is 23.1 Å². The summed E-state index contributed by atoms with van der Waals surface area (Å²) in [6.45, 7) is 1.93. The highest BCUT2D eigenvalue weighted by Gasteiger charge is 2.03. The van der Waals surface area contributed by atoms with Crippen LogP contribution in [0.3, 0.4) is 0 Å². The van der Waals surface area contributed by atoms with Crippen molar-refractivity contribution in [3.63, 3.8) is 0 Å². The van der Waals surface area contributed by atoms with Crippen LogP contribution in [0.15, 0.2) is 36.5 Å². The number of benzene rings is 1. The summed E-state index contributed by atoms with van der Waals surface area (Å²) >= 11 is 0. The summed E-state index contributed by atoms with van der Waals surface area (Å²) in [5, 5.41) is 18.4. The molecule has 0 saturated heterocycles. The van der Waals surface area contributed by atoms with Gasteiger partial charge in [-0.3, -0.25) is 0 Å². The zero-order chi connectivity index (χ0) is 11.5. The van der Waals surface area contributed by atoms with E-state index in [9.17, 15) is 5.11 Å². The van der Waals surface area contributed by atoms with E-state index in [1.807, 2.05) is 13.0 Å². The van der Waals surface area contributed by atoms with Gasteiger partial charge in [0, 0.05) is 18.3 Å². The minimum Gasteiger partial charge on any atom is -0.504 e. The van der Waals surface area contributed by atoms with Crippen LogP contribution < -0.4 is 4.74 Å². The average molecular weight is 217 g/mol. The van der Waals surface area contributed by atoms with Crippen molar-refractivity contribution in [1.29, 1.82) is 0 Å². The summed E-state index contributed by atoms with van der Waals surface area (Å²) in [5.41, 5.74) is 1.04. The van der Waals surface area contributed by atoms with Gasteiger partial charge in [-0.1, -0.05) is 0 Å². The van der Waals surface area contributed by atoms with E-state index >= 15 is 0 Å². The molecule has 0 aliphatic rings. The molecule has 0 fully saturated rings. The minimum atomic E-state index is -0.217. The fourth-order valence-corrected chi connectivity index (χ4v) is 1.25. The lowest BCUT2D eigenvalue weighted by molar-refractivity contribution is 0.396. The van der Waals surface area contributed by atoms with Gasteiger partial charge < -0.3 is 14.9 Å². The first-order chi connectivity index (χ1) is 7.65. The second kappa shape index (κ2) is 4.10. The Hall–Kier alpha value is -2.23. The SMILES string of the molecule is Cc1ccnc(Oc2ccc(O)c(O)c2)c1.